The highest BCUT2D eigenvalue weighted by Gasteiger charge is 2.24. The third-order valence-corrected chi connectivity index (χ3v) is 3.21. The predicted molar refractivity (Wildman–Crippen MR) is 65.4 cm³/mol. The van der Waals surface area contributed by atoms with Gasteiger partial charge in [0, 0.05) is 24.9 Å². The van der Waals surface area contributed by atoms with Crippen molar-refractivity contribution in [3.05, 3.63) is 17.7 Å². The second kappa shape index (κ2) is 5.39. The van der Waals surface area contributed by atoms with Gasteiger partial charge in [-0.3, -0.25) is 0 Å². The van der Waals surface area contributed by atoms with Gasteiger partial charge in [-0.15, -0.1) is 0 Å². The van der Waals surface area contributed by atoms with Crippen LogP contribution < -0.4 is 5.32 Å². The van der Waals surface area contributed by atoms with E-state index in [2.05, 4.69) is 10.3 Å². The number of amides is 1. The van der Waals surface area contributed by atoms with Gasteiger partial charge in [-0.2, -0.15) is 0 Å². The Hall–Kier alpha value is -1.56. The lowest BCUT2D eigenvalue weighted by Gasteiger charge is -2.15. The summed E-state index contributed by atoms with van der Waals surface area (Å²) in [6.45, 7) is 2.58. The summed E-state index contributed by atoms with van der Waals surface area (Å²) in [6, 6.07) is -0.243. The molecule has 0 saturated carbocycles. The number of aromatic nitrogens is 2. The van der Waals surface area contributed by atoms with Gasteiger partial charge in [0.2, 0.25) is 0 Å². The van der Waals surface area contributed by atoms with E-state index in [0.29, 0.717) is 6.42 Å². The van der Waals surface area contributed by atoms with E-state index in [9.17, 15) is 9.90 Å². The van der Waals surface area contributed by atoms with E-state index < -0.39 is 12.2 Å². The van der Waals surface area contributed by atoms with E-state index in [4.69, 9.17) is 5.11 Å². The molecule has 18 heavy (non-hydrogen) atoms. The largest absolute Gasteiger partial charge is 0.465 e. The van der Waals surface area contributed by atoms with Crippen molar-refractivity contribution < 1.29 is 15.0 Å². The van der Waals surface area contributed by atoms with Crippen molar-refractivity contribution in [3.8, 4) is 0 Å². The van der Waals surface area contributed by atoms with E-state index in [1.807, 2.05) is 4.57 Å². The topological polar surface area (TPSA) is 87.4 Å². The van der Waals surface area contributed by atoms with Gasteiger partial charge in [0.1, 0.15) is 5.82 Å². The van der Waals surface area contributed by atoms with Gasteiger partial charge in [0.25, 0.3) is 0 Å². The highest BCUT2D eigenvalue weighted by Crippen LogP contribution is 2.25. The Morgan fingerprint density at radius 3 is 3.11 bits per heavy atom. The molecule has 0 fully saturated rings. The van der Waals surface area contributed by atoms with Crippen molar-refractivity contribution in [2.75, 3.05) is 0 Å². The Morgan fingerprint density at radius 2 is 2.44 bits per heavy atom. The van der Waals surface area contributed by atoms with Gasteiger partial charge in [0.05, 0.1) is 12.1 Å². The summed E-state index contributed by atoms with van der Waals surface area (Å²) in [5.41, 5.74) is 0.971. The number of aliphatic hydroxyl groups excluding tert-OH is 1. The first-order valence-corrected chi connectivity index (χ1v) is 6.29. The summed E-state index contributed by atoms with van der Waals surface area (Å²) in [5, 5.41) is 20.8. The van der Waals surface area contributed by atoms with Crippen molar-refractivity contribution in [1.82, 2.24) is 14.9 Å². The summed E-state index contributed by atoms with van der Waals surface area (Å²) in [7, 11) is 0. The molecule has 0 spiro atoms. The van der Waals surface area contributed by atoms with Gasteiger partial charge < -0.3 is 20.1 Å². The fourth-order valence-electron chi connectivity index (χ4n) is 2.46. The van der Waals surface area contributed by atoms with Crippen LogP contribution in [0, 0.1) is 0 Å². The zero-order valence-electron chi connectivity index (χ0n) is 10.5. The fourth-order valence-corrected chi connectivity index (χ4v) is 2.46. The third-order valence-electron chi connectivity index (χ3n) is 3.21. The minimum absolute atomic E-state index is 0.243. The molecule has 0 aliphatic carbocycles. The van der Waals surface area contributed by atoms with Crippen molar-refractivity contribution >= 4 is 6.09 Å². The maximum atomic E-state index is 10.8. The predicted octanol–water partition coefficient (Wildman–Crippen LogP) is 1.30. The van der Waals surface area contributed by atoms with Crippen LogP contribution in [0.25, 0.3) is 0 Å². The number of aliphatic hydroxyl groups is 1. The van der Waals surface area contributed by atoms with Crippen molar-refractivity contribution in [1.29, 1.82) is 0 Å². The molecule has 6 nitrogen and oxygen atoms in total. The molecule has 6 heteroatoms. The van der Waals surface area contributed by atoms with Crippen LogP contribution >= 0.6 is 0 Å². The standard InChI is InChI=1S/C12H19N3O3/c1-8(16)6-9-7-13-11-10(14-12(17)18)4-2-3-5-15(9)11/h7-8,10,14,16H,2-6H2,1H3,(H,17,18). The van der Waals surface area contributed by atoms with Crippen LogP contribution in [0.2, 0.25) is 0 Å². The molecule has 2 unspecified atom stereocenters. The van der Waals surface area contributed by atoms with Crippen LogP contribution in [0.4, 0.5) is 4.79 Å². The van der Waals surface area contributed by atoms with Crippen LogP contribution in [0.1, 0.15) is 43.7 Å². The lowest BCUT2D eigenvalue weighted by Crippen LogP contribution is -2.28. The quantitative estimate of drug-likeness (QED) is 0.757. The van der Waals surface area contributed by atoms with Crippen molar-refractivity contribution in [2.45, 2.75) is 51.3 Å². The summed E-state index contributed by atoms with van der Waals surface area (Å²) in [6.07, 6.45) is 3.61. The Bertz CT molecular complexity index is 428. The minimum Gasteiger partial charge on any atom is -0.465 e. The maximum Gasteiger partial charge on any atom is 0.405 e. The van der Waals surface area contributed by atoms with Crippen LogP contribution in [-0.2, 0) is 13.0 Å². The molecule has 1 aliphatic heterocycles. The SMILES string of the molecule is CC(O)Cc1cnc2n1CCCCC2NC(=O)O. The Labute approximate surface area is 106 Å². The third kappa shape index (κ3) is 2.81. The number of rotatable bonds is 3. The van der Waals surface area contributed by atoms with Crippen LogP contribution in [0.5, 0.6) is 0 Å². The zero-order valence-corrected chi connectivity index (χ0v) is 10.5. The van der Waals surface area contributed by atoms with Crippen molar-refractivity contribution in [2.24, 2.45) is 0 Å². The maximum absolute atomic E-state index is 10.8. The summed E-state index contributed by atoms with van der Waals surface area (Å²) >= 11 is 0. The highest BCUT2D eigenvalue weighted by atomic mass is 16.4. The molecule has 100 valence electrons. The average Bonchev–Trinajstić information content (AvgIpc) is 2.53. The van der Waals surface area contributed by atoms with Crippen LogP contribution in [0.15, 0.2) is 6.20 Å². The first-order valence-electron chi connectivity index (χ1n) is 6.29. The van der Waals surface area contributed by atoms with Crippen LogP contribution in [-0.4, -0.2) is 32.0 Å². The van der Waals surface area contributed by atoms with E-state index in [1.165, 1.54) is 0 Å². The van der Waals surface area contributed by atoms with E-state index in [1.54, 1.807) is 13.1 Å². The Balaban J connectivity index is 2.26. The second-order valence-electron chi connectivity index (χ2n) is 4.81. The molecule has 3 N–H and O–H groups in total. The number of fused-ring (bicyclic) bond motifs is 1. The second-order valence-corrected chi connectivity index (χ2v) is 4.81. The number of nitrogens with one attached hydrogen (secondary N) is 1. The molecule has 2 heterocycles. The summed E-state index contributed by atoms with van der Waals surface area (Å²) < 4.78 is 2.04. The van der Waals surface area contributed by atoms with E-state index in [-0.39, 0.29) is 6.04 Å². The zero-order chi connectivity index (χ0) is 13.1. The van der Waals surface area contributed by atoms with Gasteiger partial charge >= 0.3 is 6.09 Å². The van der Waals surface area contributed by atoms with Gasteiger partial charge in [-0.1, -0.05) is 0 Å². The van der Waals surface area contributed by atoms with Crippen molar-refractivity contribution in [3.63, 3.8) is 0 Å². The number of carbonyl (C=O) groups is 1. The molecule has 0 saturated heterocycles. The lowest BCUT2D eigenvalue weighted by atomic mass is 10.1. The number of hydrogen-bond donors (Lipinski definition) is 3. The fraction of sp³-hybridized carbons (Fsp3) is 0.667. The number of hydrogen-bond acceptors (Lipinski definition) is 3. The smallest absolute Gasteiger partial charge is 0.405 e. The molecule has 0 aromatic carbocycles. The van der Waals surface area contributed by atoms with Gasteiger partial charge in [0.15, 0.2) is 0 Å². The highest BCUT2D eigenvalue weighted by molar-refractivity contribution is 5.65. The molecule has 1 aromatic rings. The van der Waals surface area contributed by atoms with Gasteiger partial charge in [-0.25, -0.2) is 9.78 Å². The summed E-state index contributed by atoms with van der Waals surface area (Å²) in [4.78, 5) is 15.1. The normalized spacial score (nSPS) is 20.9. The summed E-state index contributed by atoms with van der Waals surface area (Å²) in [5.74, 6) is 0.769. The number of imidazole rings is 1. The molecule has 1 aliphatic rings. The number of carboxylic acid groups (broad SMARTS) is 1. The number of nitrogens with zero attached hydrogens (tertiary/aromatic N) is 2. The molecule has 2 atom stereocenters. The molecular weight excluding hydrogens is 234 g/mol. The minimum atomic E-state index is -1.02. The molecule has 0 bridgehead atoms. The first-order chi connectivity index (χ1) is 8.58. The molecule has 1 amide bonds. The van der Waals surface area contributed by atoms with E-state index in [0.717, 1.165) is 37.3 Å². The Morgan fingerprint density at radius 1 is 1.67 bits per heavy atom. The van der Waals surface area contributed by atoms with Crippen LogP contribution in [0.3, 0.4) is 0 Å². The average molecular weight is 253 g/mol. The van der Waals surface area contributed by atoms with E-state index >= 15 is 0 Å². The molecular formula is C12H19N3O3. The first kappa shape index (κ1) is 12.9. The molecule has 0 radical (unpaired) electrons. The monoisotopic (exact) mass is 253 g/mol. The Kier molecular flexibility index (Phi) is 3.86. The molecule has 1 aromatic heterocycles. The van der Waals surface area contributed by atoms with Gasteiger partial charge in [-0.05, 0) is 26.2 Å². The molecule has 2 rings (SSSR count). The lowest BCUT2D eigenvalue weighted by molar-refractivity contribution is 0.187.